The highest BCUT2D eigenvalue weighted by molar-refractivity contribution is 14.1. The lowest BCUT2D eigenvalue weighted by Gasteiger charge is -2.28. The van der Waals surface area contributed by atoms with E-state index < -0.39 is 5.79 Å². The smallest absolute Gasteiger partial charge is 0.261 e. The number of nitrogens with zero attached hydrogens (tertiary/aromatic N) is 1. The van der Waals surface area contributed by atoms with Gasteiger partial charge in [0.15, 0.2) is 5.79 Å². The summed E-state index contributed by atoms with van der Waals surface area (Å²) in [4.78, 5) is 26.9. The molecule has 0 unspecified atom stereocenters. The van der Waals surface area contributed by atoms with Crippen molar-refractivity contribution >= 4 is 34.4 Å². The lowest BCUT2D eigenvalue weighted by Crippen LogP contribution is -2.46. The molecule has 1 saturated heterocycles. The molecule has 0 radical (unpaired) electrons. The molecule has 2 amide bonds. The molecule has 2 aliphatic heterocycles. The van der Waals surface area contributed by atoms with Gasteiger partial charge in [-0.3, -0.25) is 14.5 Å². The molecule has 6 heteroatoms. The normalized spacial score (nSPS) is 34.8. The maximum Gasteiger partial charge on any atom is 0.261 e. The van der Waals surface area contributed by atoms with Crippen molar-refractivity contribution in [3.63, 3.8) is 0 Å². The fraction of sp³-hybridized carbons (Fsp3) is 0.529. The van der Waals surface area contributed by atoms with Crippen LogP contribution in [-0.2, 0) is 9.47 Å². The number of benzene rings is 1. The maximum absolute atomic E-state index is 12.7. The fourth-order valence-corrected chi connectivity index (χ4v) is 4.83. The zero-order valence-electron chi connectivity index (χ0n) is 13.0. The Hall–Kier alpha value is -0.990. The summed E-state index contributed by atoms with van der Waals surface area (Å²) in [5.74, 6) is -0.804. The van der Waals surface area contributed by atoms with Crippen molar-refractivity contribution in [2.75, 3.05) is 4.43 Å². The summed E-state index contributed by atoms with van der Waals surface area (Å²) in [6.45, 7) is 3.77. The first kappa shape index (κ1) is 15.5. The summed E-state index contributed by atoms with van der Waals surface area (Å²) in [5, 5.41) is 0. The fourth-order valence-electron chi connectivity index (χ4n) is 3.97. The molecule has 0 N–H and O–H groups in total. The van der Waals surface area contributed by atoms with E-state index in [4.69, 9.17) is 9.47 Å². The third kappa shape index (κ3) is 2.26. The van der Waals surface area contributed by atoms with E-state index in [-0.39, 0.29) is 36.0 Å². The van der Waals surface area contributed by atoms with E-state index in [2.05, 4.69) is 22.6 Å². The highest BCUT2D eigenvalue weighted by Crippen LogP contribution is 2.45. The van der Waals surface area contributed by atoms with Gasteiger partial charge in [-0.2, -0.15) is 0 Å². The summed E-state index contributed by atoms with van der Waals surface area (Å²) in [6, 6.07) is 6.75. The van der Waals surface area contributed by atoms with Crippen molar-refractivity contribution in [1.82, 2.24) is 4.90 Å². The van der Waals surface area contributed by atoms with Gasteiger partial charge in [0.05, 0.1) is 23.3 Å². The van der Waals surface area contributed by atoms with E-state index in [0.29, 0.717) is 11.1 Å². The number of hydrogen-bond acceptors (Lipinski definition) is 4. The third-order valence-electron chi connectivity index (χ3n) is 4.91. The molecule has 4 atom stereocenters. The molecule has 1 aromatic carbocycles. The van der Waals surface area contributed by atoms with Gasteiger partial charge in [-0.15, -0.1) is 0 Å². The Balaban J connectivity index is 1.69. The first-order chi connectivity index (χ1) is 10.9. The third-order valence-corrected chi connectivity index (χ3v) is 6.04. The number of carbonyl (C=O) groups excluding carboxylic acids is 2. The summed E-state index contributed by atoms with van der Waals surface area (Å²) < 4.78 is 13.0. The van der Waals surface area contributed by atoms with Gasteiger partial charge in [-0.05, 0) is 38.3 Å². The van der Waals surface area contributed by atoms with Crippen LogP contribution in [0.2, 0.25) is 0 Å². The predicted molar refractivity (Wildman–Crippen MR) is 91.5 cm³/mol. The number of imide groups is 1. The standard InChI is InChI=1S/C17H18INO4/c1-17(2)22-13-9(8-18)7-12(14(13)23-17)19-15(20)10-5-3-4-6-11(10)16(19)21/h3-6,9,12-14H,7-8H2,1-2H3/t9-,12-,13-,14+/m1/s1. The summed E-state index contributed by atoms with van der Waals surface area (Å²) >= 11 is 2.34. The van der Waals surface area contributed by atoms with Gasteiger partial charge in [0.2, 0.25) is 0 Å². The molecule has 2 fully saturated rings. The van der Waals surface area contributed by atoms with Crippen LogP contribution in [-0.4, -0.2) is 45.2 Å². The average molecular weight is 427 g/mol. The topological polar surface area (TPSA) is 55.8 Å². The molecule has 122 valence electrons. The minimum atomic E-state index is -0.670. The predicted octanol–water partition coefficient (Wildman–Crippen LogP) is 2.63. The van der Waals surface area contributed by atoms with Gasteiger partial charge in [0, 0.05) is 4.43 Å². The lowest BCUT2D eigenvalue weighted by atomic mass is 10.1. The zero-order chi connectivity index (χ0) is 16.4. The second-order valence-electron chi connectivity index (χ2n) is 6.81. The number of alkyl halides is 1. The van der Waals surface area contributed by atoms with E-state index in [1.165, 1.54) is 4.90 Å². The number of rotatable bonds is 2. The molecule has 0 bridgehead atoms. The van der Waals surface area contributed by atoms with Crippen LogP contribution in [0.15, 0.2) is 24.3 Å². The number of halogens is 1. The van der Waals surface area contributed by atoms with E-state index in [1.807, 2.05) is 13.8 Å². The van der Waals surface area contributed by atoms with Crippen molar-refractivity contribution in [3.05, 3.63) is 35.4 Å². The number of hydrogen-bond donors (Lipinski definition) is 0. The number of ether oxygens (including phenoxy) is 2. The van der Waals surface area contributed by atoms with Crippen LogP contribution in [0.3, 0.4) is 0 Å². The molecule has 23 heavy (non-hydrogen) atoms. The van der Waals surface area contributed by atoms with Crippen LogP contribution in [0.4, 0.5) is 0 Å². The van der Waals surface area contributed by atoms with Crippen molar-refractivity contribution < 1.29 is 19.1 Å². The van der Waals surface area contributed by atoms with Crippen molar-refractivity contribution in [2.45, 2.75) is 44.3 Å². The Bertz CT molecular complexity index is 654. The lowest BCUT2D eigenvalue weighted by molar-refractivity contribution is -0.159. The van der Waals surface area contributed by atoms with Gasteiger partial charge in [-0.1, -0.05) is 34.7 Å². The van der Waals surface area contributed by atoms with Crippen molar-refractivity contribution in [1.29, 1.82) is 0 Å². The first-order valence-electron chi connectivity index (χ1n) is 7.81. The van der Waals surface area contributed by atoms with Crippen LogP contribution in [0.25, 0.3) is 0 Å². The number of fused-ring (bicyclic) bond motifs is 2. The molecule has 1 aliphatic carbocycles. The summed E-state index contributed by atoms with van der Waals surface area (Å²) in [5.41, 5.74) is 0.982. The molecule has 0 spiro atoms. The Labute approximate surface area is 148 Å². The second kappa shape index (κ2) is 5.26. The van der Waals surface area contributed by atoms with Gasteiger partial charge >= 0.3 is 0 Å². The van der Waals surface area contributed by atoms with Crippen LogP contribution in [0, 0.1) is 5.92 Å². The molecule has 5 nitrogen and oxygen atoms in total. The Morgan fingerprint density at radius 1 is 1.13 bits per heavy atom. The highest BCUT2D eigenvalue weighted by Gasteiger charge is 2.58. The second-order valence-corrected chi connectivity index (χ2v) is 7.69. The van der Waals surface area contributed by atoms with Crippen LogP contribution >= 0.6 is 22.6 Å². The molecule has 2 heterocycles. The summed E-state index contributed by atoms with van der Waals surface area (Å²) in [7, 11) is 0. The largest absolute Gasteiger partial charge is 0.344 e. The SMILES string of the molecule is CC1(C)O[C@@H]2[C@@H](CI)C[C@@H](N3C(=O)c4ccccc4C3=O)[C@@H]2O1. The molecular formula is C17H18INO4. The Morgan fingerprint density at radius 2 is 1.70 bits per heavy atom. The van der Waals surface area contributed by atoms with Crippen LogP contribution in [0.1, 0.15) is 41.0 Å². The Morgan fingerprint density at radius 3 is 2.26 bits per heavy atom. The molecule has 1 saturated carbocycles. The molecular weight excluding hydrogens is 409 g/mol. The van der Waals surface area contributed by atoms with Crippen molar-refractivity contribution in [3.8, 4) is 0 Å². The van der Waals surface area contributed by atoms with E-state index in [1.54, 1.807) is 24.3 Å². The summed E-state index contributed by atoms with van der Waals surface area (Å²) in [6.07, 6.45) is 0.433. The van der Waals surface area contributed by atoms with E-state index in [0.717, 1.165) is 10.8 Å². The quantitative estimate of drug-likeness (QED) is 0.414. The van der Waals surface area contributed by atoms with Crippen LogP contribution < -0.4 is 0 Å². The highest BCUT2D eigenvalue weighted by atomic mass is 127. The van der Waals surface area contributed by atoms with E-state index >= 15 is 0 Å². The monoisotopic (exact) mass is 427 g/mol. The number of amides is 2. The minimum Gasteiger partial charge on any atom is -0.344 e. The van der Waals surface area contributed by atoms with Gasteiger partial charge in [-0.25, -0.2) is 0 Å². The average Bonchev–Trinajstić information content (AvgIpc) is 3.08. The Kier molecular flexibility index (Phi) is 3.55. The molecule has 3 aliphatic rings. The first-order valence-corrected chi connectivity index (χ1v) is 9.34. The zero-order valence-corrected chi connectivity index (χ0v) is 15.1. The van der Waals surface area contributed by atoms with Crippen LogP contribution in [0.5, 0.6) is 0 Å². The number of carbonyl (C=O) groups is 2. The molecule has 0 aromatic heterocycles. The van der Waals surface area contributed by atoms with Crippen molar-refractivity contribution in [2.24, 2.45) is 5.92 Å². The van der Waals surface area contributed by atoms with Gasteiger partial charge in [0.25, 0.3) is 11.8 Å². The van der Waals surface area contributed by atoms with E-state index in [9.17, 15) is 9.59 Å². The maximum atomic E-state index is 12.7. The van der Waals surface area contributed by atoms with Gasteiger partial charge in [0.1, 0.15) is 6.10 Å². The minimum absolute atomic E-state index is 0.0591. The molecule has 4 rings (SSSR count). The molecule has 1 aromatic rings. The van der Waals surface area contributed by atoms with Gasteiger partial charge < -0.3 is 9.47 Å².